The van der Waals surface area contributed by atoms with Crippen molar-refractivity contribution in [1.82, 2.24) is 5.32 Å². The molecule has 0 saturated carbocycles. The fourth-order valence-corrected chi connectivity index (χ4v) is 1.66. The Morgan fingerprint density at radius 2 is 1.89 bits per heavy atom. The van der Waals surface area contributed by atoms with Gasteiger partial charge in [0.05, 0.1) is 6.42 Å². The van der Waals surface area contributed by atoms with E-state index in [-0.39, 0.29) is 12.0 Å². The van der Waals surface area contributed by atoms with E-state index in [1.807, 2.05) is 0 Å². The summed E-state index contributed by atoms with van der Waals surface area (Å²) in [4.78, 5) is 22.5. The summed E-state index contributed by atoms with van der Waals surface area (Å²) in [5.41, 5.74) is -1.66. The first kappa shape index (κ1) is 15.1. The number of benzene rings is 1. The van der Waals surface area contributed by atoms with Gasteiger partial charge in [0.25, 0.3) is 5.91 Å². The van der Waals surface area contributed by atoms with Crippen LogP contribution in [0, 0.1) is 18.6 Å². The monoisotopic (exact) mass is 271 g/mol. The van der Waals surface area contributed by atoms with Crippen molar-refractivity contribution in [1.29, 1.82) is 0 Å². The van der Waals surface area contributed by atoms with Gasteiger partial charge in [-0.15, -0.1) is 0 Å². The van der Waals surface area contributed by atoms with Gasteiger partial charge in [-0.25, -0.2) is 8.78 Å². The van der Waals surface area contributed by atoms with Crippen molar-refractivity contribution in [2.75, 3.05) is 0 Å². The first-order chi connectivity index (χ1) is 8.64. The molecule has 1 aromatic carbocycles. The molecule has 0 atom stereocenters. The van der Waals surface area contributed by atoms with E-state index in [0.29, 0.717) is 0 Å². The van der Waals surface area contributed by atoms with E-state index in [2.05, 4.69) is 5.32 Å². The Morgan fingerprint density at radius 1 is 1.32 bits per heavy atom. The van der Waals surface area contributed by atoms with Crippen molar-refractivity contribution < 1.29 is 23.5 Å². The predicted octanol–water partition coefficient (Wildman–Crippen LogP) is 2.26. The number of aliphatic carboxylic acids is 1. The van der Waals surface area contributed by atoms with Crippen LogP contribution in [0.25, 0.3) is 0 Å². The van der Waals surface area contributed by atoms with Crippen LogP contribution in [0.5, 0.6) is 0 Å². The summed E-state index contributed by atoms with van der Waals surface area (Å²) in [6, 6.07) is 2.22. The molecule has 4 nitrogen and oxygen atoms in total. The Hall–Kier alpha value is -1.98. The van der Waals surface area contributed by atoms with E-state index in [0.717, 1.165) is 6.07 Å². The van der Waals surface area contributed by atoms with Crippen LogP contribution in [-0.4, -0.2) is 22.5 Å². The highest BCUT2D eigenvalue weighted by Crippen LogP contribution is 2.18. The Morgan fingerprint density at radius 3 is 2.42 bits per heavy atom. The molecule has 0 fully saturated rings. The smallest absolute Gasteiger partial charge is 0.305 e. The molecular weight excluding hydrogens is 256 g/mol. The Balaban J connectivity index is 3.02. The molecule has 1 rings (SSSR count). The number of carboxylic acid groups (broad SMARTS) is 1. The third-order valence-corrected chi connectivity index (χ3v) is 2.56. The van der Waals surface area contributed by atoms with Crippen LogP contribution in [0.1, 0.15) is 36.2 Å². The number of carbonyl (C=O) groups is 2. The molecule has 2 N–H and O–H groups in total. The highest BCUT2D eigenvalue weighted by atomic mass is 19.1. The number of hydrogen-bond donors (Lipinski definition) is 2. The van der Waals surface area contributed by atoms with E-state index in [4.69, 9.17) is 5.11 Å². The van der Waals surface area contributed by atoms with Crippen molar-refractivity contribution >= 4 is 11.9 Å². The van der Waals surface area contributed by atoms with Gasteiger partial charge in [-0.3, -0.25) is 9.59 Å². The predicted molar refractivity (Wildman–Crippen MR) is 64.9 cm³/mol. The van der Waals surface area contributed by atoms with Gasteiger partial charge in [-0.05, 0) is 32.4 Å². The summed E-state index contributed by atoms with van der Waals surface area (Å²) in [5.74, 6) is -4.00. The maximum atomic E-state index is 13.7. The van der Waals surface area contributed by atoms with E-state index in [1.165, 1.54) is 26.8 Å². The number of carboxylic acids is 1. The number of nitrogens with one attached hydrogen (secondary N) is 1. The average molecular weight is 271 g/mol. The average Bonchev–Trinajstić information content (AvgIpc) is 2.21. The second-order valence-electron chi connectivity index (χ2n) is 4.96. The zero-order valence-electron chi connectivity index (χ0n) is 10.9. The van der Waals surface area contributed by atoms with Gasteiger partial charge in [0.1, 0.15) is 17.2 Å². The van der Waals surface area contributed by atoms with Crippen molar-refractivity contribution in [3.63, 3.8) is 0 Å². The molecule has 0 bridgehead atoms. The lowest BCUT2D eigenvalue weighted by Gasteiger charge is -2.24. The maximum Gasteiger partial charge on any atom is 0.305 e. The van der Waals surface area contributed by atoms with E-state index in [1.54, 1.807) is 0 Å². The van der Waals surface area contributed by atoms with Crippen LogP contribution in [-0.2, 0) is 4.79 Å². The maximum absolute atomic E-state index is 13.7. The molecule has 104 valence electrons. The third-order valence-electron chi connectivity index (χ3n) is 2.56. The summed E-state index contributed by atoms with van der Waals surface area (Å²) >= 11 is 0. The van der Waals surface area contributed by atoms with Crippen molar-refractivity contribution in [2.45, 2.75) is 32.7 Å². The number of amides is 1. The van der Waals surface area contributed by atoms with E-state index in [9.17, 15) is 18.4 Å². The fourth-order valence-electron chi connectivity index (χ4n) is 1.66. The van der Waals surface area contributed by atoms with Crippen LogP contribution >= 0.6 is 0 Å². The lowest BCUT2D eigenvalue weighted by atomic mass is 9.99. The van der Waals surface area contributed by atoms with Gasteiger partial charge >= 0.3 is 5.97 Å². The highest BCUT2D eigenvalue weighted by Gasteiger charge is 2.27. The standard InChI is InChI=1S/C13H15F2NO3/c1-7-4-5-8(14)10(11(7)15)12(19)16-13(2,3)6-9(17)18/h4-5H,6H2,1-3H3,(H,16,19)(H,17,18). The van der Waals surface area contributed by atoms with Crippen LogP contribution in [0.4, 0.5) is 8.78 Å². The summed E-state index contributed by atoms with van der Waals surface area (Å²) < 4.78 is 27.2. The zero-order valence-corrected chi connectivity index (χ0v) is 10.9. The lowest BCUT2D eigenvalue weighted by Crippen LogP contribution is -2.45. The Bertz CT molecular complexity index is 527. The topological polar surface area (TPSA) is 66.4 Å². The molecule has 0 aromatic heterocycles. The molecule has 1 amide bonds. The minimum Gasteiger partial charge on any atom is -0.481 e. The first-order valence-electron chi connectivity index (χ1n) is 5.63. The molecule has 0 spiro atoms. The van der Waals surface area contributed by atoms with E-state index < -0.39 is 34.6 Å². The number of halogens is 2. The number of hydrogen-bond acceptors (Lipinski definition) is 2. The summed E-state index contributed by atoms with van der Waals surface area (Å²) in [6.07, 6.45) is -0.353. The summed E-state index contributed by atoms with van der Waals surface area (Å²) in [7, 11) is 0. The second-order valence-corrected chi connectivity index (χ2v) is 4.96. The molecule has 0 aliphatic rings. The highest BCUT2D eigenvalue weighted by molar-refractivity contribution is 5.95. The van der Waals surface area contributed by atoms with Gasteiger partial charge in [0.2, 0.25) is 0 Å². The molecule has 0 saturated heterocycles. The minimum atomic E-state index is -1.12. The van der Waals surface area contributed by atoms with Crippen molar-refractivity contribution in [3.8, 4) is 0 Å². The van der Waals surface area contributed by atoms with Gasteiger partial charge in [-0.2, -0.15) is 0 Å². The molecule has 19 heavy (non-hydrogen) atoms. The number of rotatable bonds is 4. The van der Waals surface area contributed by atoms with Crippen molar-refractivity contribution in [3.05, 3.63) is 34.9 Å². The quantitative estimate of drug-likeness (QED) is 0.882. The SMILES string of the molecule is Cc1ccc(F)c(C(=O)NC(C)(C)CC(=O)O)c1F. The minimum absolute atomic E-state index is 0.141. The summed E-state index contributed by atoms with van der Waals surface area (Å²) in [5, 5.41) is 11.0. The van der Waals surface area contributed by atoms with Gasteiger partial charge in [0, 0.05) is 5.54 Å². The largest absolute Gasteiger partial charge is 0.481 e. The van der Waals surface area contributed by atoms with Gasteiger partial charge in [-0.1, -0.05) is 6.07 Å². The van der Waals surface area contributed by atoms with Crippen LogP contribution < -0.4 is 5.32 Å². The van der Waals surface area contributed by atoms with Crippen LogP contribution in [0.3, 0.4) is 0 Å². The molecule has 0 aliphatic carbocycles. The molecule has 0 unspecified atom stereocenters. The normalized spacial score (nSPS) is 11.2. The summed E-state index contributed by atoms with van der Waals surface area (Å²) in [6.45, 7) is 4.34. The second kappa shape index (κ2) is 5.34. The molecule has 0 aliphatic heterocycles. The van der Waals surface area contributed by atoms with Crippen LogP contribution in [0.2, 0.25) is 0 Å². The first-order valence-corrected chi connectivity index (χ1v) is 5.63. The Kier molecular flexibility index (Phi) is 4.24. The molecular formula is C13H15F2NO3. The molecule has 6 heteroatoms. The van der Waals surface area contributed by atoms with Gasteiger partial charge < -0.3 is 10.4 Å². The lowest BCUT2D eigenvalue weighted by molar-refractivity contribution is -0.138. The third kappa shape index (κ3) is 3.74. The molecule has 1 aromatic rings. The molecule has 0 radical (unpaired) electrons. The fraction of sp³-hybridized carbons (Fsp3) is 0.385. The molecule has 0 heterocycles. The van der Waals surface area contributed by atoms with Crippen LogP contribution in [0.15, 0.2) is 12.1 Å². The Labute approximate surface area is 109 Å². The van der Waals surface area contributed by atoms with Crippen molar-refractivity contribution in [2.24, 2.45) is 0 Å². The van der Waals surface area contributed by atoms with E-state index >= 15 is 0 Å². The number of aryl methyl sites for hydroxylation is 1. The zero-order chi connectivity index (χ0) is 14.8. The number of carbonyl (C=O) groups excluding carboxylic acids is 1. The van der Waals surface area contributed by atoms with Gasteiger partial charge in [0.15, 0.2) is 0 Å².